The Kier molecular flexibility index (Phi) is 5.34. The van der Waals surface area contributed by atoms with Gasteiger partial charge in [0.25, 0.3) is 0 Å². The minimum atomic E-state index is -3.07. The number of urea groups is 1. The number of hydrogen-bond acceptors (Lipinski definition) is 3. The zero-order valence-electron chi connectivity index (χ0n) is 14.3. The van der Waals surface area contributed by atoms with E-state index in [9.17, 15) is 13.2 Å². The molecule has 128 valence electrons. The normalized spacial score (nSPS) is 23.6. The molecule has 1 aliphatic rings. The zero-order valence-corrected chi connectivity index (χ0v) is 15.1. The van der Waals surface area contributed by atoms with Crippen LogP contribution in [0, 0.1) is 13.8 Å². The lowest BCUT2D eigenvalue weighted by atomic mass is 10.1. The van der Waals surface area contributed by atoms with Crippen molar-refractivity contribution < 1.29 is 13.2 Å². The average Bonchev–Trinajstić information content (AvgIpc) is 2.44. The summed E-state index contributed by atoms with van der Waals surface area (Å²) in [6.07, 6.45) is 0.768. The summed E-state index contributed by atoms with van der Waals surface area (Å²) in [5, 5.41) is 2.40. The smallest absolute Gasteiger partial charge is 0.317 e. The van der Waals surface area contributed by atoms with E-state index in [4.69, 9.17) is 0 Å². The first kappa shape index (κ1) is 17.8. The van der Waals surface area contributed by atoms with E-state index >= 15 is 0 Å². The first-order chi connectivity index (χ1) is 10.7. The molecule has 0 spiro atoms. The highest BCUT2D eigenvalue weighted by molar-refractivity contribution is 7.92. The summed E-state index contributed by atoms with van der Waals surface area (Å²) >= 11 is 0. The molecular formula is C17H26N2O3S. The van der Waals surface area contributed by atoms with Gasteiger partial charge >= 0.3 is 6.03 Å². The van der Waals surface area contributed by atoms with E-state index in [1.54, 1.807) is 18.7 Å². The third-order valence-corrected chi connectivity index (χ3v) is 6.86. The van der Waals surface area contributed by atoms with Crippen molar-refractivity contribution >= 4 is 15.9 Å². The maximum Gasteiger partial charge on any atom is 0.317 e. The Morgan fingerprint density at radius 1 is 1.22 bits per heavy atom. The molecule has 1 fully saturated rings. The van der Waals surface area contributed by atoms with E-state index < -0.39 is 15.1 Å². The van der Waals surface area contributed by atoms with Crippen LogP contribution in [0.25, 0.3) is 0 Å². The van der Waals surface area contributed by atoms with Crippen molar-refractivity contribution in [1.29, 1.82) is 0 Å². The number of rotatable bonds is 3. The monoisotopic (exact) mass is 338 g/mol. The molecule has 1 N–H and O–H groups in total. The molecule has 6 heteroatoms. The number of hydrogen-bond donors (Lipinski definition) is 1. The topological polar surface area (TPSA) is 66.5 Å². The van der Waals surface area contributed by atoms with Crippen molar-refractivity contribution in [3.05, 3.63) is 34.9 Å². The first-order valence-electron chi connectivity index (χ1n) is 8.04. The van der Waals surface area contributed by atoms with Crippen molar-refractivity contribution in [2.75, 3.05) is 18.8 Å². The van der Waals surface area contributed by atoms with E-state index in [2.05, 4.69) is 37.4 Å². The van der Waals surface area contributed by atoms with Gasteiger partial charge in [-0.15, -0.1) is 0 Å². The van der Waals surface area contributed by atoms with Crippen molar-refractivity contribution in [1.82, 2.24) is 10.2 Å². The van der Waals surface area contributed by atoms with Crippen LogP contribution in [0.4, 0.5) is 4.79 Å². The SMILES string of the molecule is Cc1cc(C)cc(CCNC(=O)N2CCS(=O)(=O)C(C)C2C)c1. The maximum absolute atomic E-state index is 12.3. The summed E-state index contributed by atoms with van der Waals surface area (Å²) in [5.41, 5.74) is 3.63. The fraction of sp³-hybridized carbons (Fsp3) is 0.588. The standard InChI is InChI=1S/C17H26N2O3S/c1-12-9-13(2)11-16(10-12)5-6-18-17(20)19-7-8-23(21,22)15(4)14(19)3/h9-11,14-15H,5-8H2,1-4H3,(H,18,20). The molecule has 5 nitrogen and oxygen atoms in total. The fourth-order valence-corrected chi connectivity index (χ4v) is 4.65. The number of aryl methyl sites for hydroxylation is 2. The van der Waals surface area contributed by atoms with Crippen LogP contribution in [0.15, 0.2) is 18.2 Å². The first-order valence-corrected chi connectivity index (χ1v) is 9.75. The number of carbonyl (C=O) groups is 1. The van der Waals surface area contributed by atoms with Gasteiger partial charge in [0, 0.05) is 19.1 Å². The Hall–Kier alpha value is -1.56. The van der Waals surface area contributed by atoms with E-state index in [0.29, 0.717) is 6.54 Å². The largest absolute Gasteiger partial charge is 0.338 e. The Morgan fingerprint density at radius 2 is 1.83 bits per heavy atom. The molecule has 0 bridgehead atoms. The van der Waals surface area contributed by atoms with Crippen LogP contribution in [-0.4, -0.2) is 49.5 Å². The summed E-state index contributed by atoms with van der Waals surface area (Å²) < 4.78 is 23.7. The van der Waals surface area contributed by atoms with Crippen molar-refractivity contribution in [3.8, 4) is 0 Å². The van der Waals surface area contributed by atoms with E-state index in [0.717, 1.165) is 6.42 Å². The zero-order chi connectivity index (χ0) is 17.2. The molecule has 1 aromatic carbocycles. The molecule has 23 heavy (non-hydrogen) atoms. The maximum atomic E-state index is 12.3. The summed E-state index contributed by atoms with van der Waals surface area (Å²) in [7, 11) is -3.07. The minimum absolute atomic E-state index is 0.0446. The van der Waals surface area contributed by atoms with Gasteiger partial charge in [0.15, 0.2) is 9.84 Å². The van der Waals surface area contributed by atoms with Gasteiger partial charge in [-0.2, -0.15) is 0 Å². The second-order valence-electron chi connectivity index (χ2n) is 6.48. The average molecular weight is 338 g/mol. The number of amides is 2. The van der Waals surface area contributed by atoms with Crippen LogP contribution in [0.3, 0.4) is 0 Å². The predicted molar refractivity (Wildman–Crippen MR) is 92.4 cm³/mol. The quantitative estimate of drug-likeness (QED) is 0.917. The lowest BCUT2D eigenvalue weighted by Crippen LogP contribution is -2.57. The summed E-state index contributed by atoms with van der Waals surface area (Å²) in [4.78, 5) is 13.9. The number of nitrogens with zero attached hydrogens (tertiary/aromatic N) is 1. The Labute approximate surface area is 139 Å². The number of nitrogens with one attached hydrogen (secondary N) is 1. The summed E-state index contributed by atoms with van der Waals surface area (Å²) in [6, 6.07) is 5.90. The molecule has 2 atom stereocenters. The van der Waals surface area contributed by atoms with Crippen LogP contribution in [0.5, 0.6) is 0 Å². The predicted octanol–water partition coefficient (Wildman–Crippen LogP) is 2.06. The molecule has 1 aliphatic heterocycles. The van der Waals surface area contributed by atoms with Crippen LogP contribution in [0.2, 0.25) is 0 Å². The lowest BCUT2D eigenvalue weighted by Gasteiger charge is -2.37. The van der Waals surface area contributed by atoms with Gasteiger partial charge in [-0.25, -0.2) is 13.2 Å². The third-order valence-electron chi connectivity index (χ3n) is 4.59. The molecule has 2 unspecified atom stereocenters. The van der Waals surface area contributed by atoms with Gasteiger partial charge in [0.05, 0.1) is 11.0 Å². The minimum Gasteiger partial charge on any atom is -0.338 e. The molecule has 2 rings (SSSR count). The number of sulfone groups is 1. The van der Waals surface area contributed by atoms with Crippen LogP contribution in [0.1, 0.15) is 30.5 Å². The van der Waals surface area contributed by atoms with Crippen LogP contribution >= 0.6 is 0 Å². The molecule has 0 saturated carbocycles. The second kappa shape index (κ2) is 6.91. The Bertz CT molecular complexity index is 665. The van der Waals surface area contributed by atoms with Gasteiger partial charge in [-0.1, -0.05) is 29.3 Å². The molecule has 1 heterocycles. The van der Waals surface area contributed by atoms with Crippen LogP contribution < -0.4 is 5.32 Å². The molecule has 0 aromatic heterocycles. The molecule has 2 amide bonds. The van der Waals surface area contributed by atoms with Gasteiger partial charge in [-0.3, -0.25) is 0 Å². The fourth-order valence-electron chi connectivity index (χ4n) is 3.08. The lowest BCUT2D eigenvalue weighted by molar-refractivity contribution is 0.178. The highest BCUT2D eigenvalue weighted by Gasteiger charge is 2.37. The molecule has 1 saturated heterocycles. The Morgan fingerprint density at radius 3 is 2.43 bits per heavy atom. The molecule has 1 aromatic rings. The van der Waals surface area contributed by atoms with E-state index in [1.807, 2.05) is 0 Å². The van der Waals surface area contributed by atoms with Gasteiger partial charge in [0.2, 0.25) is 0 Å². The Balaban J connectivity index is 1.90. The van der Waals surface area contributed by atoms with E-state index in [-0.39, 0.29) is 24.4 Å². The van der Waals surface area contributed by atoms with Crippen molar-refractivity contribution in [2.24, 2.45) is 0 Å². The van der Waals surface area contributed by atoms with Gasteiger partial charge in [0.1, 0.15) is 0 Å². The number of carbonyl (C=O) groups excluding carboxylic acids is 1. The summed E-state index contributed by atoms with van der Waals surface area (Å²) in [5.74, 6) is 0.0446. The van der Waals surface area contributed by atoms with E-state index in [1.165, 1.54) is 16.7 Å². The van der Waals surface area contributed by atoms with Crippen molar-refractivity contribution in [3.63, 3.8) is 0 Å². The second-order valence-corrected chi connectivity index (χ2v) is 8.96. The molecular weight excluding hydrogens is 312 g/mol. The van der Waals surface area contributed by atoms with Gasteiger partial charge in [-0.05, 0) is 39.7 Å². The number of benzene rings is 1. The van der Waals surface area contributed by atoms with Gasteiger partial charge < -0.3 is 10.2 Å². The highest BCUT2D eigenvalue weighted by Crippen LogP contribution is 2.19. The van der Waals surface area contributed by atoms with Crippen molar-refractivity contribution in [2.45, 2.75) is 45.4 Å². The summed E-state index contributed by atoms with van der Waals surface area (Å²) in [6.45, 7) is 8.41. The molecule has 0 radical (unpaired) electrons. The molecule has 0 aliphatic carbocycles. The third kappa shape index (κ3) is 4.25. The van der Waals surface area contributed by atoms with Crippen LogP contribution in [-0.2, 0) is 16.3 Å². The highest BCUT2D eigenvalue weighted by atomic mass is 32.2.